The van der Waals surface area contributed by atoms with E-state index in [9.17, 15) is 4.79 Å². The molecule has 0 radical (unpaired) electrons. The predicted octanol–water partition coefficient (Wildman–Crippen LogP) is -0.852. The van der Waals surface area contributed by atoms with E-state index in [0.29, 0.717) is 46.2 Å². The molecule has 0 aliphatic carbocycles. The molecule has 0 saturated heterocycles. The molecule has 0 bridgehead atoms. The molecule has 0 saturated carbocycles. The number of ether oxygens (including phenoxy) is 5. The van der Waals surface area contributed by atoms with E-state index in [2.05, 4.69) is 5.92 Å². The summed E-state index contributed by atoms with van der Waals surface area (Å²) in [5, 5.41) is 17.3. The maximum atomic E-state index is 10.3. The van der Waals surface area contributed by atoms with E-state index in [1.54, 1.807) is 0 Å². The van der Waals surface area contributed by atoms with Crippen LogP contribution < -0.4 is 0 Å². The van der Waals surface area contributed by atoms with E-state index in [-0.39, 0.29) is 19.8 Å². The number of carbonyl (C=O) groups is 1. The van der Waals surface area contributed by atoms with E-state index in [0.717, 1.165) is 0 Å². The molecule has 8 nitrogen and oxygen atoms in total. The van der Waals surface area contributed by atoms with Crippen molar-refractivity contribution >= 4 is 5.97 Å². The third-order valence-electron chi connectivity index (χ3n) is 2.23. The Morgan fingerprint density at radius 3 is 1.68 bits per heavy atom. The number of aliphatic carboxylic acids is 1. The van der Waals surface area contributed by atoms with Crippen LogP contribution in [0.4, 0.5) is 0 Å². The van der Waals surface area contributed by atoms with Crippen LogP contribution in [0.5, 0.6) is 0 Å². The minimum absolute atomic E-state index is 0.213. The summed E-state index contributed by atoms with van der Waals surface area (Å²) in [4.78, 5) is 10.3. The molecule has 0 spiro atoms. The molecule has 22 heavy (non-hydrogen) atoms. The Morgan fingerprint density at radius 1 is 0.864 bits per heavy atom. The van der Waals surface area contributed by atoms with Gasteiger partial charge in [-0.1, -0.05) is 5.92 Å². The fourth-order valence-corrected chi connectivity index (χ4v) is 1.17. The third-order valence-corrected chi connectivity index (χ3v) is 2.23. The fraction of sp³-hybridized carbons (Fsp3) is 0.786. The van der Waals surface area contributed by atoms with Gasteiger partial charge in [-0.25, -0.2) is 4.79 Å². The molecule has 1 atom stereocenters. The second-order valence-electron chi connectivity index (χ2n) is 4.02. The molecule has 1 unspecified atom stereocenters. The van der Waals surface area contributed by atoms with Crippen LogP contribution in [0, 0.1) is 12.3 Å². The highest BCUT2D eigenvalue weighted by molar-refractivity contribution is 5.71. The second kappa shape index (κ2) is 16.2. The molecule has 0 aromatic carbocycles. The van der Waals surface area contributed by atoms with Gasteiger partial charge in [0.1, 0.15) is 6.61 Å². The standard InChI is InChI=1S/C14H24O8/c1-2-3-18-4-5-19-6-7-20-8-9-21-10-11-22-12-13(15)14(16)17/h1,13,15H,3-12H2,(H,16,17). The van der Waals surface area contributed by atoms with Crippen LogP contribution in [0.15, 0.2) is 0 Å². The fourth-order valence-electron chi connectivity index (χ4n) is 1.17. The number of aliphatic hydroxyl groups excluding tert-OH is 1. The van der Waals surface area contributed by atoms with E-state index < -0.39 is 12.1 Å². The van der Waals surface area contributed by atoms with Gasteiger partial charge in [-0.15, -0.1) is 6.42 Å². The van der Waals surface area contributed by atoms with Crippen LogP contribution in [-0.2, 0) is 28.5 Å². The monoisotopic (exact) mass is 320 g/mol. The van der Waals surface area contributed by atoms with Crippen molar-refractivity contribution in [3.8, 4) is 12.3 Å². The van der Waals surface area contributed by atoms with Crippen molar-refractivity contribution < 1.29 is 38.7 Å². The summed E-state index contributed by atoms with van der Waals surface area (Å²) in [6.45, 7) is 3.24. The maximum absolute atomic E-state index is 10.3. The Bertz CT molecular complexity index is 302. The summed E-state index contributed by atoms with van der Waals surface area (Å²) in [5.41, 5.74) is 0. The van der Waals surface area contributed by atoms with Crippen LogP contribution in [0.1, 0.15) is 0 Å². The second-order valence-corrected chi connectivity index (χ2v) is 4.02. The van der Waals surface area contributed by atoms with Gasteiger partial charge in [-0.3, -0.25) is 0 Å². The Morgan fingerprint density at radius 2 is 1.27 bits per heavy atom. The molecule has 8 heteroatoms. The van der Waals surface area contributed by atoms with Crippen LogP contribution in [0.25, 0.3) is 0 Å². The number of terminal acetylenes is 1. The van der Waals surface area contributed by atoms with Gasteiger partial charge in [0.25, 0.3) is 0 Å². The van der Waals surface area contributed by atoms with Crippen molar-refractivity contribution in [2.45, 2.75) is 6.10 Å². The summed E-state index contributed by atoms with van der Waals surface area (Å²) in [7, 11) is 0. The summed E-state index contributed by atoms with van der Waals surface area (Å²) in [5.74, 6) is 1.05. The first-order chi connectivity index (χ1) is 10.7. The zero-order valence-electron chi connectivity index (χ0n) is 12.6. The van der Waals surface area contributed by atoms with Gasteiger partial charge in [-0.05, 0) is 0 Å². The first-order valence-electron chi connectivity index (χ1n) is 6.91. The van der Waals surface area contributed by atoms with Crippen LogP contribution in [-0.4, -0.2) is 88.4 Å². The van der Waals surface area contributed by atoms with Crippen molar-refractivity contribution in [1.82, 2.24) is 0 Å². The van der Waals surface area contributed by atoms with Gasteiger partial charge in [0.15, 0.2) is 6.10 Å². The minimum Gasteiger partial charge on any atom is -0.479 e. The summed E-state index contributed by atoms with van der Waals surface area (Å²) >= 11 is 0. The number of rotatable bonds is 16. The molecule has 0 aliphatic heterocycles. The van der Waals surface area contributed by atoms with Crippen molar-refractivity contribution in [2.24, 2.45) is 0 Å². The highest BCUT2D eigenvalue weighted by Crippen LogP contribution is 1.87. The van der Waals surface area contributed by atoms with E-state index in [1.165, 1.54) is 0 Å². The van der Waals surface area contributed by atoms with Crippen molar-refractivity contribution in [1.29, 1.82) is 0 Å². The minimum atomic E-state index is -1.50. The smallest absolute Gasteiger partial charge is 0.334 e. The Labute approximate surface area is 130 Å². The van der Waals surface area contributed by atoms with Gasteiger partial charge in [0.2, 0.25) is 0 Å². The lowest BCUT2D eigenvalue weighted by Crippen LogP contribution is -2.26. The van der Waals surface area contributed by atoms with Gasteiger partial charge in [0, 0.05) is 0 Å². The normalized spacial score (nSPS) is 12.0. The van der Waals surface area contributed by atoms with E-state index >= 15 is 0 Å². The lowest BCUT2D eigenvalue weighted by molar-refractivity contribution is -0.150. The average Bonchev–Trinajstić information content (AvgIpc) is 2.50. The largest absolute Gasteiger partial charge is 0.479 e. The number of hydrogen-bond donors (Lipinski definition) is 2. The van der Waals surface area contributed by atoms with Crippen LogP contribution in [0.2, 0.25) is 0 Å². The number of carboxylic acids is 1. The highest BCUT2D eigenvalue weighted by Gasteiger charge is 2.12. The quantitative estimate of drug-likeness (QED) is 0.280. The lowest BCUT2D eigenvalue weighted by Gasteiger charge is -2.08. The first-order valence-corrected chi connectivity index (χ1v) is 6.91. The van der Waals surface area contributed by atoms with Gasteiger partial charge in [0.05, 0.1) is 59.5 Å². The van der Waals surface area contributed by atoms with Crippen molar-refractivity contribution in [2.75, 3.05) is 66.1 Å². The van der Waals surface area contributed by atoms with Gasteiger partial charge >= 0.3 is 5.97 Å². The molecular weight excluding hydrogens is 296 g/mol. The van der Waals surface area contributed by atoms with Gasteiger partial charge in [-0.2, -0.15) is 0 Å². The summed E-state index contributed by atoms with van der Waals surface area (Å²) in [6, 6.07) is 0. The maximum Gasteiger partial charge on any atom is 0.334 e. The third kappa shape index (κ3) is 15.2. The number of carboxylic acid groups (broad SMARTS) is 1. The Kier molecular flexibility index (Phi) is 15.3. The molecule has 0 aliphatic rings. The number of aliphatic hydroxyl groups is 1. The molecule has 0 heterocycles. The van der Waals surface area contributed by atoms with Gasteiger partial charge < -0.3 is 33.9 Å². The molecular formula is C14H24O8. The Balaban J connectivity index is 3.06. The number of hydrogen-bond acceptors (Lipinski definition) is 7. The molecule has 128 valence electrons. The zero-order chi connectivity index (χ0) is 16.5. The van der Waals surface area contributed by atoms with Crippen molar-refractivity contribution in [3.05, 3.63) is 0 Å². The molecule has 2 N–H and O–H groups in total. The van der Waals surface area contributed by atoms with Crippen LogP contribution in [0.3, 0.4) is 0 Å². The first kappa shape index (κ1) is 20.8. The zero-order valence-corrected chi connectivity index (χ0v) is 12.6. The lowest BCUT2D eigenvalue weighted by atomic mass is 10.4. The van der Waals surface area contributed by atoms with E-state index in [1.807, 2.05) is 0 Å². The van der Waals surface area contributed by atoms with Crippen LogP contribution >= 0.6 is 0 Å². The van der Waals surface area contributed by atoms with E-state index in [4.69, 9.17) is 40.3 Å². The average molecular weight is 320 g/mol. The topological polar surface area (TPSA) is 104 Å². The molecule has 0 aromatic rings. The molecule has 0 amide bonds. The van der Waals surface area contributed by atoms with Crippen molar-refractivity contribution in [3.63, 3.8) is 0 Å². The summed E-state index contributed by atoms with van der Waals surface area (Å²) in [6.07, 6.45) is 3.51. The predicted molar refractivity (Wildman–Crippen MR) is 76.6 cm³/mol. The SMILES string of the molecule is C#CCOCCOCCOCCOCCOCC(O)C(=O)O. The molecule has 0 fully saturated rings. The molecule has 0 rings (SSSR count). The molecule has 0 aromatic heterocycles. The highest BCUT2D eigenvalue weighted by atomic mass is 16.6. The Hall–Kier alpha value is -1.21. The summed E-state index contributed by atoms with van der Waals surface area (Å²) < 4.78 is 25.6.